The van der Waals surface area contributed by atoms with E-state index >= 15 is 0 Å². The number of ether oxygens (including phenoxy) is 1. The first-order valence-electron chi connectivity index (χ1n) is 4.59. The zero-order valence-electron chi connectivity index (χ0n) is 8.33. The number of hydrogen-bond donors (Lipinski definition) is 3. The van der Waals surface area contributed by atoms with Crippen molar-refractivity contribution in [1.82, 2.24) is 19.5 Å². The Labute approximate surface area is 89.7 Å². The minimum Gasteiger partial charge on any atom is -0.392 e. The summed E-state index contributed by atoms with van der Waals surface area (Å²) in [5.74, 6) is 0. The van der Waals surface area contributed by atoms with E-state index in [1.165, 1.54) is 17.2 Å². The zero-order valence-corrected chi connectivity index (χ0v) is 8.33. The van der Waals surface area contributed by atoms with Crippen molar-refractivity contribution in [3.63, 3.8) is 0 Å². The van der Waals surface area contributed by atoms with E-state index in [1.807, 2.05) is 0 Å². The van der Waals surface area contributed by atoms with E-state index in [1.54, 1.807) is 0 Å². The molecule has 0 bridgehead atoms. The van der Waals surface area contributed by atoms with Crippen LogP contribution in [-0.4, -0.2) is 37.5 Å². The molecule has 2 rings (SSSR count). The molecule has 0 aliphatic carbocycles. The summed E-state index contributed by atoms with van der Waals surface area (Å²) in [5.41, 5.74) is 5.71. The molecule has 1 atom stereocenters. The van der Waals surface area contributed by atoms with Crippen molar-refractivity contribution < 1.29 is 9.84 Å². The lowest BCUT2D eigenvalue weighted by atomic mass is 10.5. The van der Waals surface area contributed by atoms with Gasteiger partial charge in [-0.3, -0.25) is 9.36 Å². The van der Waals surface area contributed by atoms with Crippen LogP contribution in [0.1, 0.15) is 0 Å². The Morgan fingerprint density at radius 3 is 3.19 bits per heavy atom. The number of rotatable bonds is 4. The van der Waals surface area contributed by atoms with Gasteiger partial charge in [0, 0.05) is 0 Å². The summed E-state index contributed by atoms with van der Waals surface area (Å²) < 4.78 is 6.61. The van der Waals surface area contributed by atoms with Gasteiger partial charge >= 0.3 is 0 Å². The highest BCUT2D eigenvalue weighted by Crippen LogP contribution is 2.03. The third kappa shape index (κ3) is 1.94. The normalized spacial score (nSPS) is 13.1. The average molecular weight is 225 g/mol. The van der Waals surface area contributed by atoms with Crippen LogP contribution in [0, 0.1) is 0 Å². The Morgan fingerprint density at radius 2 is 2.44 bits per heavy atom. The molecule has 0 spiro atoms. The molecule has 8 nitrogen and oxygen atoms in total. The second-order valence-corrected chi connectivity index (χ2v) is 3.14. The van der Waals surface area contributed by atoms with Crippen LogP contribution in [0.2, 0.25) is 0 Å². The van der Waals surface area contributed by atoms with Crippen molar-refractivity contribution in [2.24, 2.45) is 5.73 Å². The van der Waals surface area contributed by atoms with Gasteiger partial charge in [0.1, 0.15) is 13.0 Å². The maximum atomic E-state index is 11.3. The van der Waals surface area contributed by atoms with Gasteiger partial charge < -0.3 is 20.6 Å². The molecule has 0 amide bonds. The summed E-state index contributed by atoms with van der Waals surface area (Å²) in [6.45, 7) is -0.199. The predicted octanol–water partition coefficient (Wildman–Crippen LogP) is -1.63. The van der Waals surface area contributed by atoms with Crippen LogP contribution < -0.4 is 11.3 Å². The molecule has 2 heterocycles. The average Bonchev–Trinajstić information content (AvgIpc) is 2.70. The van der Waals surface area contributed by atoms with E-state index < -0.39 is 6.23 Å². The highest BCUT2D eigenvalue weighted by molar-refractivity contribution is 5.68. The fraction of sp³-hybridized carbons (Fsp3) is 0.375. The van der Waals surface area contributed by atoms with Crippen molar-refractivity contribution in [3.8, 4) is 0 Å². The smallest absolute Gasteiger partial charge is 0.278 e. The Kier molecular flexibility index (Phi) is 2.95. The van der Waals surface area contributed by atoms with E-state index in [2.05, 4.69) is 15.0 Å². The number of nitrogens with one attached hydrogen (secondary N) is 1. The van der Waals surface area contributed by atoms with E-state index in [4.69, 9.17) is 15.6 Å². The van der Waals surface area contributed by atoms with E-state index in [0.29, 0.717) is 5.65 Å². The van der Waals surface area contributed by atoms with Crippen LogP contribution in [0.25, 0.3) is 11.2 Å². The SMILES string of the molecule is NC(CO)OCn1cnc2c(=O)[nH]cnc21. The van der Waals surface area contributed by atoms with Crippen LogP contribution in [0.5, 0.6) is 0 Å². The molecule has 86 valence electrons. The molecule has 16 heavy (non-hydrogen) atoms. The second kappa shape index (κ2) is 4.39. The molecule has 0 aliphatic heterocycles. The molecule has 1 unspecified atom stereocenters. The molecular formula is C8H11N5O3. The number of aromatic nitrogens is 4. The summed E-state index contributed by atoms with van der Waals surface area (Å²) >= 11 is 0. The van der Waals surface area contributed by atoms with Crippen molar-refractivity contribution in [1.29, 1.82) is 0 Å². The molecule has 0 aromatic carbocycles. The lowest BCUT2D eigenvalue weighted by Gasteiger charge is -2.10. The summed E-state index contributed by atoms with van der Waals surface area (Å²) in [6, 6.07) is 0. The van der Waals surface area contributed by atoms with Gasteiger partial charge in [0.25, 0.3) is 5.56 Å². The first kappa shape index (κ1) is 10.7. The fourth-order valence-electron chi connectivity index (χ4n) is 1.21. The predicted molar refractivity (Wildman–Crippen MR) is 54.3 cm³/mol. The maximum Gasteiger partial charge on any atom is 0.278 e. The third-order valence-electron chi connectivity index (χ3n) is 2.02. The summed E-state index contributed by atoms with van der Waals surface area (Å²) in [5, 5.41) is 8.68. The molecule has 0 saturated heterocycles. The zero-order chi connectivity index (χ0) is 11.5. The van der Waals surface area contributed by atoms with Gasteiger partial charge in [-0.1, -0.05) is 0 Å². The van der Waals surface area contributed by atoms with E-state index in [9.17, 15) is 4.79 Å². The van der Waals surface area contributed by atoms with Gasteiger partial charge in [0.05, 0.1) is 19.3 Å². The lowest BCUT2D eigenvalue weighted by Crippen LogP contribution is -2.28. The van der Waals surface area contributed by atoms with Gasteiger partial charge in [-0.05, 0) is 0 Å². The fourth-order valence-corrected chi connectivity index (χ4v) is 1.21. The maximum absolute atomic E-state index is 11.3. The molecule has 2 aromatic rings. The van der Waals surface area contributed by atoms with Crippen molar-refractivity contribution in [2.75, 3.05) is 6.61 Å². The number of nitrogens with zero attached hydrogens (tertiary/aromatic N) is 3. The second-order valence-electron chi connectivity index (χ2n) is 3.14. The standard InChI is InChI=1S/C8H11N5O3/c9-5(1-14)16-4-13-3-12-6-7(13)10-2-11-8(6)15/h2-3,5,14H,1,4,9H2,(H,10,11,15). The van der Waals surface area contributed by atoms with E-state index in [-0.39, 0.29) is 24.4 Å². The molecule has 0 fully saturated rings. The van der Waals surface area contributed by atoms with Gasteiger partial charge in [0.2, 0.25) is 0 Å². The van der Waals surface area contributed by atoms with Crippen molar-refractivity contribution in [3.05, 3.63) is 23.0 Å². The summed E-state index contributed by atoms with van der Waals surface area (Å²) in [6.07, 6.45) is 1.95. The topological polar surface area (TPSA) is 119 Å². The first-order chi connectivity index (χ1) is 7.72. The van der Waals surface area contributed by atoms with Crippen LogP contribution in [-0.2, 0) is 11.5 Å². The molecule has 0 saturated carbocycles. The number of nitrogens with two attached hydrogens (primary N) is 1. The Morgan fingerprint density at radius 1 is 1.62 bits per heavy atom. The third-order valence-corrected chi connectivity index (χ3v) is 2.02. The summed E-state index contributed by atoms with van der Waals surface area (Å²) in [7, 11) is 0. The number of aliphatic hydroxyl groups is 1. The number of aromatic amines is 1. The van der Waals surface area contributed by atoms with Gasteiger partial charge in [0.15, 0.2) is 11.2 Å². The molecule has 2 aromatic heterocycles. The van der Waals surface area contributed by atoms with Crippen molar-refractivity contribution in [2.45, 2.75) is 13.0 Å². The van der Waals surface area contributed by atoms with Crippen LogP contribution in [0.3, 0.4) is 0 Å². The van der Waals surface area contributed by atoms with Gasteiger partial charge in [-0.25, -0.2) is 9.97 Å². The number of fused-ring (bicyclic) bond motifs is 1. The molecule has 4 N–H and O–H groups in total. The number of aliphatic hydroxyl groups excluding tert-OH is 1. The monoisotopic (exact) mass is 225 g/mol. The van der Waals surface area contributed by atoms with Crippen LogP contribution >= 0.6 is 0 Å². The minimum atomic E-state index is -0.764. The van der Waals surface area contributed by atoms with Gasteiger partial charge in [-0.15, -0.1) is 0 Å². The minimum absolute atomic E-state index is 0.0781. The Balaban J connectivity index is 2.26. The first-order valence-corrected chi connectivity index (χ1v) is 4.59. The van der Waals surface area contributed by atoms with E-state index in [0.717, 1.165) is 0 Å². The lowest BCUT2D eigenvalue weighted by molar-refractivity contribution is -0.0185. The van der Waals surface area contributed by atoms with Crippen LogP contribution in [0.15, 0.2) is 17.4 Å². The highest BCUT2D eigenvalue weighted by atomic mass is 16.5. The number of hydrogen-bond acceptors (Lipinski definition) is 6. The molecule has 0 radical (unpaired) electrons. The Hall–Kier alpha value is -1.77. The number of imidazole rings is 1. The van der Waals surface area contributed by atoms with Crippen LogP contribution in [0.4, 0.5) is 0 Å². The largest absolute Gasteiger partial charge is 0.392 e. The molecule has 8 heteroatoms. The van der Waals surface area contributed by atoms with Crippen molar-refractivity contribution >= 4 is 11.2 Å². The molecular weight excluding hydrogens is 214 g/mol. The quantitative estimate of drug-likeness (QED) is 0.537. The Bertz CT molecular complexity index is 534. The molecule has 0 aliphatic rings. The highest BCUT2D eigenvalue weighted by Gasteiger charge is 2.08. The number of H-pyrrole nitrogens is 1. The summed E-state index contributed by atoms with van der Waals surface area (Å²) in [4.78, 5) is 21.6. The van der Waals surface area contributed by atoms with Gasteiger partial charge in [-0.2, -0.15) is 0 Å².